The van der Waals surface area contributed by atoms with Gasteiger partial charge in [-0.3, -0.25) is 23.7 Å². The summed E-state index contributed by atoms with van der Waals surface area (Å²) >= 11 is 0. The van der Waals surface area contributed by atoms with E-state index in [0.29, 0.717) is 16.7 Å². The number of nitrogens with zero attached hydrogens (tertiary/aromatic N) is 4. The summed E-state index contributed by atoms with van der Waals surface area (Å²) in [5, 5.41) is 27.0. The van der Waals surface area contributed by atoms with Crippen LogP contribution in [-0.2, 0) is 4.79 Å². The molecule has 23 rings (SSSR count). The van der Waals surface area contributed by atoms with Crippen molar-refractivity contribution in [1.82, 2.24) is 24.8 Å². The fourth-order valence-electron chi connectivity index (χ4n) is 17.2. The van der Waals surface area contributed by atoms with Crippen molar-refractivity contribution < 1.29 is 24.3 Å². The zero-order chi connectivity index (χ0) is 79.9. The molecule has 19 aromatic carbocycles. The van der Waals surface area contributed by atoms with E-state index in [1.54, 1.807) is 24.3 Å². The number of hydrogen-bond acceptors (Lipinski definition) is 7. The smallest absolute Gasteiger partial charge is 0.300 e. The van der Waals surface area contributed by atoms with Crippen LogP contribution in [0.5, 0.6) is 0 Å². The van der Waals surface area contributed by atoms with Crippen LogP contribution >= 0.6 is 0 Å². The maximum absolute atomic E-state index is 11.8. The Hall–Kier alpha value is -15.9. The van der Waals surface area contributed by atoms with Crippen LogP contribution in [0.4, 0.5) is 5.69 Å². The number of carbonyl (C=O) groups excluding carboxylic acids is 3. The first-order valence-electron chi connectivity index (χ1n) is 39.2. The average Bonchev–Trinajstić information content (AvgIpc) is 1.53. The van der Waals surface area contributed by atoms with E-state index >= 15 is 0 Å². The molecule has 0 saturated carbocycles. The number of anilines is 1. The molecule has 571 valence electrons. The molecular weight excluding hydrogens is 1470 g/mol. The van der Waals surface area contributed by atoms with Crippen molar-refractivity contribution in [2.45, 2.75) is 6.92 Å². The highest BCUT2D eigenvalue weighted by Gasteiger charge is 2.30. The summed E-state index contributed by atoms with van der Waals surface area (Å²) in [6, 6.07) is 139. The molecule has 0 atom stereocenters. The number of nitrogens with two attached hydrogens (primary N) is 1. The Labute approximate surface area is 693 Å². The number of carboxylic acid groups (broad SMARTS) is 1. The molecule has 0 bridgehead atoms. The molecule has 0 aliphatic heterocycles. The number of para-hydroxylation sites is 4. The largest absolute Gasteiger partial charge is 0.481 e. The molecule has 0 unspecified atom stereocenters. The van der Waals surface area contributed by atoms with Crippen LogP contribution in [0, 0.1) is 0 Å². The van der Waals surface area contributed by atoms with E-state index in [1.807, 2.05) is 84.9 Å². The standard InChI is InChI=1S/C53H33N3.C20H15N.C19H13NO.C14H8O2.C2H4O2.B.H3N/c1-2-16-38(17-3-1)55-48-25-13-12-22-44(48)47-33-37(28-31-49(47)55)53-54-51-45-23-10-8-20-42(45)43-21-9-11-24-46(43)52(51)56(53)39-29-26-34(27-30-39)50-40-18-6-4-14-35(40)32-36-15-5-7-19-41(36)50;21-17-11-9-14(10-12-17)20-18-7-3-1-5-15(18)13-16-6-2-4-8-19(16)20;21-13-14-10-11-19-17(12-14)16-8-4-5-9-18(16)20(19)15-6-2-1-3-7-15;15-13-11-7-3-1-5-9(11)10-6-2-4-8-12(10)14(13)16;1-2(3)4;;/h1-33H;1-13H,21H2;1-13H;1-8H;1H3,(H,3,4);;1H3. The lowest BCUT2D eigenvalue weighted by molar-refractivity contribution is -0.134. The van der Waals surface area contributed by atoms with E-state index in [0.717, 1.165) is 91.3 Å². The van der Waals surface area contributed by atoms with Gasteiger partial charge in [0, 0.05) is 92.7 Å². The third-order valence-corrected chi connectivity index (χ3v) is 22.3. The lowest BCUT2D eigenvalue weighted by atomic mass is 9.84. The number of aldehydes is 1. The summed E-state index contributed by atoms with van der Waals surface area (Å²) in [4.78, 5) is 49.3. The fraction of sp³-hybridized carbons (Fsp3) is 0.00926. The zero-order valence-electron chi connectivity index (χ0n) is 65.4. The quantitative estimate of drug-likeness (QED) is 0.0352. The average molecular weight is 1550 g/mol. The highest BCUT2D eigenvalue weighted by atomic mass is 16.4. The number of fused-ring (bicyclic) bond motifs is 19. The minimum absolute atomic E-state index is 0. The molecular formula is C108H76BN6O5. The highest BCUT2D eigenvalue weighted by molar-refractivity contribution is 6.53. The topological polar surface area (TPSA) is 177 Å². The number of rotatable bonds is 7. The van der Waals surface area contributed by atoms with Crippen LogP contribution in [0.15, 0.2) is 400 Å². The van der Waals surface area contributed by atoms with Crippen LogP contribution in [0.3, 0.4) is 0 Å². The second kappa shape index (κ2) is 32.8. The third kappa shape index (κ3) is 13.9. The fourth-order valence-corrected chi connectivity index (χ4v) is 17.2. The van der Waals surface area contributed by atoms with Crippen LogP contribution < -0.4 is 11.9 Å². The molecule has 0 spiro atoms. The Kier molecular flexibility index (Phi) is 21.0. The SMILES string of the molecule is CC(=O)O.N.Nc1ccc(-c2c3ccccc3cc3ccccc23)cc1.O=C1C(=O)c2ccccc2-c2ccccc21.O=Cc1ccc2c(c1)c1ccccc1n2-c1ccccc1.[B].c1ccc(-n2c3ccccc3c3cc(-c4nc5c6ccccc6c6ccccc6c5n4-c4ccc(-c5c6ccccc6cc6ccccc56)cc4)ccc32)cc1. The van der Waals surface area contributed by atoms with Gasteiger partial charge in [0.25, 0.3) is 5.97 Å². The molecule has 3 radical (unpaired) electrons. The molecule has 1 aliphatic carbocycles. The van der Waals surface area contributed by atoms with E-state index in [2.05, 4.69) is 305 Å². The molecule has 6 N–H and O–H groups in total. The summed E-state index contributed by atoms with van der Waals surface area (Å²) in [5.74, 6) is -0.730. The van der Waals surface area contributed by atoms with Gasteiger partial charge in [-0.1, -0.05) is 291 Å². The lowest BCUT2D eigenvalue weighted by Crippen LogP contribution is -2.20. The third-order valence-electron chi connectivity index (χ3n) is 22.3. The zero-order valence-corrected chi connectivity index (χ0v) is 65.4. The van der Waals surface area contributed by atoms with Gasteiger partial charge < -0.3 is 26.1 Å². The minimum atomic E-state index is -0.833. The van der Waals surface area contributed by atoms with Crippen molar-refractivity contribution in [2.75, 3.05) is 5.73 Å². The lowest BCUT2D eigenvalue weighted by Gasteiger charge is -2.16. The molecule has 0 fully saturated rings. The van der Waals surface area contributed by atoms with E-state index < -0.39 is 17.5 Å². The number of Topliss-reactive ketones (excluding diaryl/α,β-unsaturated/α-hetero) is 2. The van der Waals surface area contributed by atoms with Gasteiger partial charge in [0.15, 0.2) is 0 Å². The van der Waals surface area contributed by atoms with Gasteiger partial charge in [-0.05, 0) is 196 Å². The first kappa shape index (κ1) is 76.7. The maximum atomic E-state index is 11.8. The molecule has 11 nitrogen and oxygen atoms in total. The Bertz CT molecular complexity index is 7580. The predicted molar refractivity (Wildman–Crippen MR) is 498 cm³/mol. The number of aliphatic carboxylic acids is 1. The second-order valence-electron chi connectivity index (χ2n) is 29.4. The van der Waals surface area contributed by atoms with Gasteiger partial charge >= 0.3 is 0 Å². The van der Waals surface area contributed by atoms with Crippen LogP contribution in [-0.4, -0.2) is 56.0 Å². The first-order chi connectivity index (χ1) is 58.0. The highest BCUT2D eigenvalue weighted by Crippen LogP contribution is 2.45. The Morgan fingerprint density at radius 3 is 1.09 bits per heavy atom. The van der Waals surface area contributed by atoms with Crippen molar-refractivity contribution in [3.63, 3.8) is 0 Å². The van der Waals surface area contributed by atoms with E-state index in [1.165, 1.54) is 109 Å². The number of nitrogen functional groups attached to an aromatic ring is 1. The number of carboxylic acids is 1. The van der Waals surface area contributed by atoms with E-state index in [9.17, 15) is 14.4 Å². The minimum Gasteiger partial charge on any atom is -0.481 e. The summed E-state index contributed by atoms with van der Waals surface area (Å²) in [6.45, 7) is 1.08. The van der Waals surface area contributed by atoms with Crippen LogP contribution in [0.2, 0.25) is 0 Å². The number of aromatic nitrogens is 4. The summed E-state index contributed by atoms with van der Waals surface area (Å²) in [7, 11) is 0. The molecule has 3 aromatic heterocycles. The Morgan fingerprint density at radius 1 is 0.317 bits per heavy atom. The number of imidazole rings is 1. The van der Waals surface area contributed by atoms with Gasteiger partial charge in [-0.2, -0.15) is 0 Å². The van der Waals surface area contributed by atoms with Crippen molar-refractivity contribution in [1.29, 1.82) is 0 Å². The molecule has 120 heavy (non-hydrogen) atoms. The summed E-state index contributed by atoms with van der Waals surface area (Å²) in [5.41, 5.74) is 26.2. The molecule has 12 heteroatoms. The Balaban J connectivity index is 0.000000131. The first-order valence-corrected chi connectivity index (χ1v) is 39.2. The van der Waals surface area contributed by atoms with Gasteiger partial charge in [0.1, 0.15) is 12.1 Å². The van der Waals surface area contributed by atoms with Gasteiger partial charge in [0.05, 0.1) is 33.1 Å². The molecule has 0 amide bonds. The number of carbonyl (C=O) groups is 4. The second-order valence-corrected chi connectivity index (χ2v) is 29.4. The molecule has 3 heterocycles. The van der Waals surface area contributed by atoms with Crippen molar-refractivity contribution >= 4 is 157 Å². The maximum Gasteiger partial charge on any atom is 0.300 e. The summed E-state index contributed by atoms with van der Waals surface area (Å²) in [6.07, 6.45) is 0.897. The van der Waals surface area contributed by atoms with E-state index in [4.69, 9.17) is 20.6 Å². The monoisotopic (exact) mass is 1550 g/mol. The summed E-state index contributed by atoms with van der Waals surface area (Å²) < 4.78 is 7.00. The normalized spacial score (nSPS) is 11.4. The number of hydrogen-bond donors (Lipinski definition) is 3. The van der Waals surface area contributed by atoms with Crippen LogP contribution in [0.1, 0.15) is 38.0 Å². The molecule has 0 saturated heterocycles. The number of benzene rings is 19. The van der Waals surface area contributed by atoms with Gasteiger partial charge in [0.2, 0.25) is 11.6 Å². The number of ketones is 2. The van der Waals surface area contributed by atoms with Gasteiger partial charge in [-0.25, -0.2) is 4.98 Å². The Morgan fingerprint density at radius 2 is 0.642 bits per heavy atom. The van der Waals surface area contributed by atoms with Crippen molar-refractivity contribution in [3.05, 3.63) is 417 Å². The molecule has 1 aliphatic rings. The van der Waals surface area contributed by atoms with Crippen molar-refractivity contribution in [3.8, 4) is 61.8 Å². The molecule has 22 aromatic rings. The predicted octanol–water partition coefficient (Wildman–Crippen LogP) is 26.5. The van der Waals surface area contributed by atoms with Crippen molar-refractivity contribution in [2.24, 2.45) is 0 Å². The van der Waals surface area contributed by atoms with Crippen LogP contribution in [0.25, 0.3) is 181 Å². The van der Waals surface area contributed by atoms with Gasteiger partial charge in [-0.15, -0.1) is 0 Å². The van der Waals surface area contributed by atoms with E-state index in [-0.39, 0.29) is 14.6 Å².